The molecule has 4 saturated heterocycles. The van der Waals surface area contributed by atoms with Crippen molar-refractivity contribution in [3.05, 3.63) is 132 Å². The molecule has 12 nitrogen and oxygen atoms in total. The molecule has 0 radical (unpaired) electrons. The minimum absolute atomic E-state index is 0.0559. The molecule has 1 unspecified atom stereocenters. The summed E-state index contributed by atoms with van der Waals surface area (Å²) in [6, 6.07) is 28.4. The molecule has 5 aliphatic rings. The fourth-order valence-corrected chi connectivity index (χ4v) is 10.6. The molecule has 0 spiro atoms. The van der Waals surface area contributed by atoms with Crippen LogP contribution in [0.5, 0.6) is 0 Å². The van der Waals surface area contributed by atoms with Crippen LogP contribution in [-0.4, -0.2) is 103 Å². The topological polar surface area (TPSA) is 126 Å². The van der Waals surface area contributed by atoms with Gasteiger partial charge in [0.1, 0.15) is 24.1 Å². The predicted octanol–water partition coefficient (Wildman–Crippen LogP) is 7.46. The number of nitrogens with one attached hydrogen (secondary N) is 3. The molecule has 0 bridgehead atoms. The van der Waals surface area contributed by atoms with Gasteiger partial charge in [0.05, 0.1) is 29.7 Å². The number of aromatic nitrogens is 4. The van der Waals surface area contributed by atoms with Gasteiger partial charge >= 0.3 is 0 Å². The number of carbonyl (C=O) groups excluding carboxylic acids is 2. The van der Waals surface area contributed by atoms with Crippen molar-refractivity contribution in [2.45, 2.75) is 94.5 Å². The highest BCUT2D eigenvalue weighted by molar-refractivity contribution is 5.85. The number of amides is 2. The van der Waals surface area contributed by atoms with E-state index in [0.717, 1.165) is 136 Å². The quantitative estimate of drug-likeness (QED) is 0.125. The maximum absolute atomic E-state index is 14.4. The molecule has 10 rings (SSSR count). The third kappa shape index (κ3) is 8.25. The number of piperidine rings is 2. The summed E-state index contributed by atoms with van der Waals surface area (Å²) in [5, 5.41) is 7.29. The monoisotopic (exact) mass is 830 g/mol. The first-order valence-electron chi connectivity index (χ1n) is 23.0. The van der Waals surface area contributed by atoms with Crippen molar-refractivity contribution in [2.24, 2.45) is 0 Å². The molecule has 5 aromatic rings. The Bertz CT molecular complexity index is 2320. The number of nitrogens with zero attached hydrogens (tertiary/aromatic N) is 7. The normalized spacial score (nSPS) is 23.1. The van der Waals surface area contributed by atoms with Gasteiger partial charge in [-0.2, -0.15) is 0 Å². The van der Waals surface area contributed by atoms with E-state index in [4.69, 9.17) is 15.0 Å². The number of carbonyl (C=O) groups is 2. The molecule has 0 aliphatic carbocycles. The van der Waals surface area contributed by atoms with Gasteiger partial charge < -0.3 is 25.4 Å². The lowest BCUT2D eigenvalue weighted by Crippen LogP contribution is -2.54. The molecule has 0 saturated carbocycles. The molecule has 5 aliphatic heterocycles. The number of aromatic amines is 1. The fourth-order valence-electron chi connectivity index (χ4n) is 10.6. The Morgan fingerprint density at radius 3 is 1.76 bits per heavy atom. The molecule has 7 heterocycles. The third-order valence-electron chi connectivity index (χ3n) is 13.8. The van der Waals surface area contributed by atoms with E-state index in [-0.39, 0.29) is 42.1 Å². The lowest BCUT2D eigenvalue weighted by Gasteiger charge is -2.38. The van der Waals surface area contributed by atoms with Crippen molar-refractivity contribution in [2.75, 3.05) is 39.3 Å². The van der Waals surface area contributed by atoms with Gasteiger partial charge in [-0.15, -0.1) is 0 Å². The summed E-state index contributed by atoms with van der Waals surface area (Å²) >= 11 is 0. The SMILES string of the molecule is O=C([C@@H](c1ccccc1)N1CCCCC1)N1CCC[C@H]1c1ncc(-c2cnc(-c3ccc(C4=CNC([C@@H]5CCCN5C(=O)[C@@H](c5ccccc5)N5CCCCC5)N4)cc3)nc2)[nH]1. The van der Waals surface area contributed by atoms with Crippen LogP contribution in [0.1, 0.15) is 105 Å². The van der Waals surface area contributed by atoms with Gasteiger partial charge in [0.2, 0.25) is 11.8 Å². The smallest absolute Gasteiger partial charge is 0.245 e. The van der Waals surface area contributed by atoms with Gasteiger partial charge in [-0.05, 0) is 94.2 Å². The lowest BCUT2D eigenvalue weighted by atomic mass is 9.99. The van der Waals surface area contributed by atoms with E-state index >= 15 is 0 Å². The summed E-state index contributed by atoms with van der Waals surface area (Å²) in [6.07, 6.45) is 18.3. The van der Waals surface area contributed by atoms with Crippen molar-refractivity contribution in [3.8, 4) is 22.6 Å². The van der Waals surface area contributed by atoms with Crippen LogP contribution in [0.4, 0.5) is 0 Å². The Labute approximate surface area is 364 Å². The zero-order chi connectivity index (χ0) is 41.8. The second kappa shape index (κ2) is 18.2. The average Bonchev–Trinajstić information content (AvgIpc) is 4.19. The molecule has 320 valence electrons. The molecule has 2 amide bonds. The van der Waals surface area contributed by atoms with Crippen LogP contribution < -0.4 is 10.6 Å². The van der Waals surface area contributed by atoms with Crippen molar-refractivity contribution >= 4 is 17.5 Å². The lowest BCUT2D eigenvalue weighted by molar-refractivity contribution is -0.139. The largest absolute Gasteiger partial charge is 0.368 e. The molecular weight excluding hydrogens is 773 g/mol. The Hall–Kier alpha value is -5.85. The second-order valence-corrected chi connectivity index (χ2v) is 17.7. The van der Waals surface area contributed by atoms with Gasteiger partial charge in [0.25, 0.3) is 0 Å². The molecule has 3 aromatic carbocycles. The zero-order valence-corrected chi connectivity index (χ0v) is 35.5. The molecule has 12 heteroatoms. The molecule has 5 atom stereocenters. The summed E-state index contributed by atoms with van der Waals surface area (Å²) in [5.74, 6) is 1.84. The van der Waals surface area contributed by atoms with Crippen LogP contribution in [0.25, 0.3) is 28.3 Å². The minimum atomic E-state index is -0.274. The van der Waals surface area contributed by atoms with Crippen LogP contribution >= 0.6 is 0 Å². The number of likely N-dealkylation sites (tertiary alicyclic amines) is 4. The molecular formula is C50H58N10O2. The van der Waals surface area contributed by atoms with E-state index in [2.05, 4.69) is 78.8 Å². The van der Waals surface area contributed by atoms with Crippen molar-refractivity contribution in [3.63, 3.8) is 0 Å². The molecule has 4 fully saturated rings. The standard InChI is InChI=1S/C50H58N10O2/c61-49(44(36-15-5-1-6-16-36)57-25-9-3-10-26-57)59-29-13-19-42(59)47-53-33-40(55-47)35-21-23-38(24-22-35)46-51-31-39(32-52-46)41-34-54-48(56-41)43-20-14-30-60(43)50(62)45(37-17-7-2-8-18-37)58-27-11-4-12-28-58/h1-2,5-8,15-18,21-24,31-34,42-45,47,53,55H,3-4,9-14,19-20,25-30H2,(H,54,56)/t42-,43-,44+,45+,47?/m0/s1. The van der Waals surface area contributed by atoms with Gasteiger partial charge in [-0.1, -0.05) is 97.8 Å². The summed E-state index contributed by atoms with van der Waals surface area (Å²) in [7, 11) is 0. The predicted molar refractivity (Wildman–Crippen MR) is 241 cm³/mol. The molecule has 62 heavy (non-hydrogen) atoms. The summed E-state index contributed by atoms with van der Waals surface area (Å²) in [6.45, 7) is 5.32. The number of hydrogen-bond donors (Lipinski definition) is 3. The highest BCUT2D eigenvalue weighted by Gasteiger charge is 2.42. The summed E-state index contributed by atoms with van der Waals surface area (Å²) in [5.41, 5.74) is 6.82. The minimum Gasteiger partial charge on any atom is -0.368 e. The first kappa shape index (κ1) is 40.2. The van der Waals surface area contributed by atoms with Crippen molar-refractivity contribution < 1.29 is 9.59 Å². The van der Waals surface area contributed by atoms with Crippen molar-refractivity contribution in [1.82, 2.24) is 50.2 Å². The van der Waals surface area contributed by atoms with Gasteiger partial charge in [-0.3, -0.25) is 19.4 Å². The number of hydrogen-bond acceptors (Lipinski definition) is 9. The first-order valence-corrected chi connectivity index (χ1v) is 23.0. The van der Waals surface area contributed by atoms with E-state index in [1.165, 1.54) is 12.8 Å². The van der Waals surface area contributed by atoms with Gasteiger partial charge in [0, 0.05) is 42.8 Å². The third-order valence-corrected chi connectivity index (χ3v) is 13.8. The van der Waals surface area contributed by atoms with Crippen LogP contribution in [-0.2, 0) is 9.59 Å². The van der Waals surface area contributed by atoms with E-state index in [9.17, 15) is 9.59 Å². The van der Waals surface area contributed by atoms with Gasteiger partial charge in [-0.25, -0.2) is 15.0 Å². The maximum Gasteiger partial charge on any atom is 0.245 e. The Balaban J connectivity index is 0.779. The van der Waals surface area contributed by atoms with E-state index in [1.807, 2.05) is 66.1 Å². The fraction of sp³-hybridized carbons (Fsp3) is 0.420. The van der Waals surface area contributed by atoms with E-state index in [0.29, 0.717) is 5.82 Å². The highest BCUT2D eigenvalue weighted by Crippen LogP contribution is 2.37. The molecule has 2 aromatic heterocycles. The van der Waals surface area contributed by atoms with Crippen LogP contribution in [0.3, 0.4) is 0 Å². The maximum atomic E-state index is 14.4. The second-order valence-electron chi connectivity index (χ2n) is 17.7. The Morgan fingerprint density at radius 1 is 0.565 bits per heavy atom. The van der Waals surface area contributed by atoms with E-state index < -0.39 is 0 Å². The molecule has 3 N–H and O–H groups in total. The highest BCUT2D eigenvalue weighted by atomic mass is 16.2. The van der Waals surface area contributed by atoms with Crippen LogP contribution in [0.2, 0.25) is 0 Å². The van der Waals surface area contributed by atoms with Crippen LogP contribution in [0, 0.1) is 0 Å². The number of benzene rings is 3. The summed E-state index contributed by atoms with van der Waals surface area (Å²) < 4.78 is 0. The van der Waals surface area contributed by atoms with Crippen molar-refractivity contribution in [1.29, 1.82) is 0 Å². The number of H-pyrrole nitrogens is 1. The number of rotatable bonds is 11. The number of imidazole rings is 1. The Kier molecular flexibility index (Phi) is 11.8. The zero-order valence-electron chi connectivity index (χ0n) is 35.5. The van der Waals surface area contributed by atoms with Gasteiger partial charge in [0.15, 0.2) is 5.82 Å². The van der Waals surface area contributed by atoms with E-state index in [1.54, 1.807) is 0 Å². The summed E-state index contributed by atoms with van der Waals surface area (Å²) in [4.78, 5) is 55.6. The Morgan fingerprint density at radius 2 is 1.13 bits per heavy atom. The first-order chi connectivity index (χ1) is 30.6. The van der Waals surface area contributed by atoms with Crippen LogP contribution in [0.15, 0.2) is 110 Å². The average molecular weight is 831 g/mol.